The summed E-state index contributed by atoms with van der Waals surface area (Å²) in [5, 5.41) is 4.19. The van der Waals surface area contributed by atoms with Gasteiger partial charge in [-0.2, -0.15) is 0 Å². The number of hydrogen-bond acceptors (Lipinski definition) is 5. The average molecular weight is 264 g/mol. The molecule has 18 heavy (non-hydrogen) atoms. The summed E-state index contributed by atoms with van der Waals surface area (Å²) in [4.78, 5) is 15.3. The second-order valence-electron chi connectivity index (χ2n) is 4.36. The standard InChI is InChI=1S/C12H16N4OS/c1-6(3-12(14)17)15-9-5-10-11(4-8(9)13)18-7(2)16-10/h4-6,15H,3,13H2,1-2H3,(H2,14,17). The van der Waals surface area contributed by atoms with Crippen LogP contribution >= 0.6 is 11.3 Å². The number of benzene rings is 1. The zero-order valence-corrected chi connectivity index (χ0v) is 11.2. The van der Waals surface area contributed by atoms with Gasteiger partial charge in [0.1, 0.15) is 0 Å². The van der Waals surface area contributed by atoms with Gasteiger partial charge < -0.3 is 16.8 Å². The number of rotatable bonds is 4. The van der Waals surface area contributed by atoms with E-state index in [1.54, 1.807) is 11.3 Å². The molecule has 1 amide bonds. The zero-order chi connectivity index (χ0) is 13.3. The maximum atomic E-state index is 10.8. The van der Waals surface area contributed by atoms with Crippen molar-refractivity contribution in [2.75, 3.05) is 11.1 Å². The van der Waals surface area contributed by atoms with Crippen molar-refractivity contribution >= 4 is 38.8 Å². The van der Waals surface area contributed by atoms with Gasteiger partial charge in [-0.05, 0) is 26.0 Å². The van der Waals surface area contributed by atoms with Crippen molar-refractivity contribution in [1.29, 1.82) is 0 Å². The van der Waals surface area contributed by atoms with Gasteiger partial charge in [-0.1, -0.05) is 0 Å². The quantitative estimate of drug-likeness (QED) is 0.735. The van der Waals surface area contributed by atoms with E-state index >= 15 is 0 Å². The molecular formula is C12H16N4OS. The SMILES string of the molecule is Cc1nc2cc(NC(C)CC(N)=O)c(N)cc2s1. The predicted molar refractivity (Wildman–Crippen MR) is 75.7 cm³/mol. The van der Waals surface area contributed by atoms with E-state index in [1.165, 1.54) is 0 Å². The molecule has 0 saturated carbocycles. The molecule has 6 heteroatoms. The number of amides is 1. The minimum absolute atomic E-state index is 0.0537. The highest BCUT2D eigenvalue weighted by atomic mass is 32.1. The Kier molecular flexibility index (Phi) is 3.38. The number of thiazole rings is 1. The van der Waals surface area contributed by atoms with E-state index in [2.05, 4.69) is 10.3 Å². The summed E-state index contributed by atoms with van der Waals surface area (Å²) in [6, 6.07) is 3.76. The third kappa shape index (κ3) is 2.70. The first-order valence-corrected chi connectivity index (χ1v) is 6.49. The second kappa shape index (κ2) is 4.81. The van der Waals surface area contributed by atoms with Crippen molar-refractivity contribution in [3.63, 3.8) is 0 Å². The van der Waals surface area contributed by atoms with E-state index in [-0.39, 0.29) is 18.4 Å². The van der Waals surface area contributed by atoms with Crippen LogP contribution in [-0.4, -0.2) is 16.9 Å². The van der Waals surface area contributed by atoms with Crippen molar-refractivity contribution in [3.05, 3.63) is 17.1 Å². The molecule has 1 aromatic heterocycles. The molecule has 1 unspecified atom stereocenters. The van der Waals surface area contributed by atoms with Crippen LogP contribution in [0.2, 0.25) is 0 Å². The molecule has 0 bridgehead atoms. The third-order valence-electron chi connectivity index (χ3n) is 2.58. The van der Waals surface area contributed by atoms with E-state index in [0.717, 1.165) is 20.9 Å². The fourth-order valence-electron chi connectivity index (χ4n) is 1.85. The topological polar surface area (TPSA) is 94.0 Å². The van der Waals surface area contributed by atoms with Crippen molar-refractivity contribution < 1.29 is 4.79 Å². The number of fused-ring (bicyclic) bond motifs is 1. The minimum atomic E-state index is -0.334. The van der Waals surface area contributed by atoms with Gasteiger partial charge in [0.2, 0.25) is 5.91 Å². The molecule has 5 N–H and O–H groups in total. The summed E-state index contributed by atoms with van der Waals surface area (Å²) in [5.74, 6) is -0.334. The number of carbonyl (C=O) groups excluding carboxylic acids is 1. The lowest BCUT2D eigenvalue weighted by molar-refractivity contribution is -0.118. The first-order valence-electron chi connectivity index (χ1n) is 5.67. The lowest BCUT2D eigenvalue weighted by Crippen LogP contribution is -2.24. The molecule has 1 aromatic carbocycles. The van der Waals surface area contributed by atoms with Crippen LogP contribution < -0.4 is 16.8 Å². The Morgan fingerprint density at radius 1 is 1.56 bits per heavy atom. The van der Waals surface area contributed by atoms with Crippen LogP contribution in [0.5, 0.6) is 0 Å². The van der Waals surface area contributed by atoms with Gasteiger partial charge in [-0.15, -0.1) is 11.3 Å². The Hall–Kier alpha value is -1.82. The number of carbonyl (C=O) groups is 1. The van der Waals surface area contributed by atoms with E-state index in [1.807, 2.05) is 26.0 Å². The van der Waals surface area contributed by atoms with Crippen molar-refractivity contribution in [2.24, 2.45) is 5.73 Å². The molecule has 0 aliphatic carbocycles. The van der Waals surface area contributed by atoms with Crippen LogP contribution in [-0.2, 0) is 4.79 Å². The first-order chi connectivity index (χ1) is 8.45. The van der Waals surface area contributed by atoms with E-state index in [0.29, 0.717) is 5.69 Å². The maximum Gasteiger partial charge on any atom is 0.219 e. The number of aryl methyl sites for hydroxylation is 1. The Morgan fingerprint density at radius 2 is 2.28 bits per heavy atom. The molecule has 0 aliphatic rings. The summed E-state index contributed by atoms with van der Waals surface area (Å²) in [6.45, 7) is 3.85. The van der Waals surface area contributed by atoms with Gasteiger partial charge in [-0.3, -0.25) is 4.79 Å². The number of nitrogen functional groups attached to an aromatic ring is 1. The predicted octanol–water partition coefficient (Wildman–Crippen LogP) is 1.86. The van der Waals surface area contributed by atoms with Crippen LogP contribution in [0.3, 0.4) is 0 Å². The number of nitrogens with two attached hydrogens (primary N) is 2. The van der Waals surface area contributed by atoms with Crippen molar-refractivity contribution in [2.45, 2.75) is 26.3 Å². The number of hydrogen-bond donors (Lipinski definition) is 3. The zero-order valence-electron chi connectivity index (χ0n) is 10.4. The van der Waals surface area contributed by atoms with Crippen LogP contribution in [0, 0.1) is 6.92 Å². The maximum absolute atomic E-state index is 10.8. The largest absolute Gasteiger partial charge is 0.397 e. The van der Waals surface area contributed by atoms with Crippen LogP contribution in [0.4, 0.5) is 11.4 Å². The minimum Gasteiger partial charge on any atom is -0.397 e. The Morgan fingerprint density at radius 3 is 2.94 bits per heavy atom. The fraction of sp³-hybridized carbons (Fsp3) is 0.333. The highest BCUT2D eigenvalue weighted by molar-refractivity contribution is 7.18. The van der Waals surface area contributed by atoms with Gasteiger partial charge in [0.05, 0.1) is 26.6 Å². The van der Waals surface area contributed by atoms with Crippen LogP contribution in [0.25, 0.3) is 10.2 Å². The van der Waals surface area contributed by atoms with Gasteiger partial charge >= 0.3 is 0 Å². The monoisotopic (exact) mass is 264 g/mol. The normalized spacial score (nSPS) is 12.6. The Labute approximate surface area is 109 Å². The molecule has 2 rings (SSSR count). The smallest absolute Gasteiger partial charge is 0.219 e. The van der Waals surface area contributed by atoms with E-state index in [4.69, 9.17) is 11.5 Å². The van der Waals surface area contributed by atoms with E-state index < -0.39 is 0 Å². The lowest BCUT2D eigenvalue weighted by atomic mass is 10.2. The van der Waals surface area contributed by atoms with Crippen LogP contribution in [0.1, 0.15) is 18.4 Å². The average Bonchev–Trinajstić information content (AvgIpc) is 2.56. The summed E-state index contributed by atoms with van der Waals surface area (Å²) in [6.07, 6.45) is 0.271. The molecule has 5 nitrogen and oxygen atoms in total. The van der Waals surface area contributed by atoms with Gasteiger partial charge in [0, 0.05) is 12.5 Å². The highest BCUT2D eigenvalue weighted by Gasteiger charge is 2.10. The number of nitrogens with one attached hydrogen (secondary N) is 1. The Bertz CT molecular complexity index is 593. The number of nitrogens with zero attached hydrogens (tertiary/aromatic N) is 1. The van der Waals surface area contributed by atoms with Crippen LogP contribution in [0.15, 0.2) is 12.1 Å². The van der Waals surface area contributed by atoms with Crippen molar-refractivity contribution in [1.82, 2.24) is 4.98 Å². The molecule has 0 radical (unpaired) electrons. The molecule has 2 aromatic rings. The van der Waals surface area contributed by atoms with E-state index in [9.17, 15) is 4.79 Å². The fourth-order valence-corrected chi connectivity index (χ4v) is 2.71. The summed E-state index contributed by atoms with van der Waals surface area (Å²) >= 11 is 1.61. The number of primary amides is 1. The number of aromatic nitrogens is 1. The summed E-state index contributed by atoms with van der Waals surface area (Å²) < 4.78 is 1.07. The molecule has 1 atom stereocenters. The molecule has 0 saturated heterocycles. The molecule has 96 valence electrons. The molecule has 0 fully saturated rings. The van der Waals surface area contributed by atoms with Gasteiger partial charge in [0.25, 0.3) is 0 Å². The highest BCUT2D eigenvalue weighted by Crippen LogP contribution is 2.30. The van der Waals surface area contributed by atoms with Gasteiger partial charge in [-0.25, -0.2) is 4.98 Å². The molecule has 1 heterocycles. The molecule has 0 spiro atoms. The third-order valence-corrected chi connectivity index (χ3v) is 3.51. The van der Waals surface area contributed by atoms with Gasteiger partial charge in [0.15, 0.2) is 0 Å². The summed E-state index contributed by atoms with van der Waals surface area (Å²) in [7, 11) is 0. The lowest BCUT2D eigenvalue weighted by Gasteiger charge is -2.15. The molecular weight excluding hydrogens is 248 g/mol. The molecule has 0 aliphatic heterocycles. The summed E-state index contributed by atoms with van der Waals surface area (Å²) in [5.41, 5.74) is 13.5. The second-order valence-corrected chi connectivity index (χ2v) is 5.59. The first kappa shape index (κ1) is 12.6. The Balaban J connectivity index is 2.27. The van der Waals surface area contributed by atoms with Crippen molar-refractivity contribution in [3.8, 4) is 0 Å². The number of anilines is 2.